The first-order valence-corrected chi connectivity index (χ1v) is 3.82. The zero-order valence-corrected chi connectivity index (χ0v) is 7.44. The zero-order valence-electron chi connectivity index (χ0n) is 7.44. The quantitative estimate of drug-likeness (QED) is 0.626. The molecule has 0 aliphatic rings. The third kappa shape index (κ3) is 1.67. The molecule has 0 unspecified atom stereocenters. The Hall–Kier alpha value is -1.83. The molecule has 5 nitrogen and oxygen atoms in total. The van der Waals surface area contributed by atoms with Gasteiger partial charge in [0.05, 0.1) is 12.8 Å². The lowest BCUT2D eigenvalue weighted by atomic mass is 10.3. The Balaban J connectivity index is 3.05. The average Bonchev–Trinajstić information content (AvgIpc) is 2.47. The first-order chi connectivity index (χ1) is 6.20. The van der Waals surface area contributed by atoms with Gasteiger partial charge in [-0.05, 0) is 13.8 Å². The summed E-state index contributed by atoms with van der Waals surface area (Å²) in [6.07, 6.45) is 3.21. The van der Waals surface area contributed by atoms with E-state index in [0.29, 0.717) is 5.56 Å². The van der Waals surface area contributed by atoms with Crippen LogP contribution in [-0.2, 0) is 4.74 Å². The third-order valence-corrected chi connectivity index (χ3v) is 1.52. The number of esters is 1. The number of ether oxygens (including phenoxy) is 1. The third-order valence-electron chi connectivity index (χ3n) is 1.52. The standard InChI is InChI=1S/C8H9N3O2/c1-3-13-8(12)7-6(2)4-10-11(7)5-9/h4H,3H2,1-2H3. The summed E-state index contributed by atoms with van der Waals surface area (Å²) in [5.74, 6) is -0.515. The van der Waals surface area contributed by atoms with Gasteiger partial charge in [-0.1, -0.05) is 0 Å². The Bertz CT molecular complexity index is 362. The van der Waals surface area contributed by atoms with E-state index in [9.17, 15) is 4.79 Å². The predicted molar refractivity (Wildman–Crippen MR) is 43.9 cm³/mol. The molecule has 1 rings (SSSR count). The van der Waals surface area contributed by atoms with Gasteiger partial charge in [-0.25, -0.2) is 4.79 Å². The van der Waals surface area contributed by atoms with E-state index in [4.69, 9.17) is 10.00 Å². The Morgan fingerprint density at radius 3 is 3.08 bits per heavy atom. The molecule has 0 N–H and O–H groups in total. The summed E-state index contributed by atoms with van der Waals surface area (Å²) in [6, 6.07) is 0. The van der Waals surface area contributed by atoms with E-state index in [-0.39, 0.29) is 12.3 Å². The second-order valence-corrected chi connectivity index (χ2v) is 2.41. The first-order valence-electron chi connectivity index (χ1n) is 3.82. The molecule has 68 valence electrons. The van der Waals surface area contributed by atoms with Crippen LogP contribution in [0, 0.1) is 18.4 Å². The Morgan fingerprint density at radius 1 is 1.85 bits per heavy atom. The van der Waals surface area contributed by atoms with Crippen molar-refractivity contribution >= 4 is 5.97 Å². The van der Waals surface area contributed by atoms with Crippen LogP contribution in [-0.4, -0.2) is 22.4 Å². The van der Waals surface area contributed by atoms with Crippen LogP contribution < -0.4 is 0 Å². The van der Waals surface area contributed by atoms with E-state index >= 15 is 0 Å². The van der Waals surface area contributed by atoms with Crippen molar-refractivity contribution < 1.29 is 9.53 Å². The highest BCUT2D eigenvalue weighted by Crippen LogP contribution is 2.07. The van der Waals surface area contributed by atoms with Crippen LogP contribution in [0.5, 0.6) is 0 Å². The highest BCUT2D eigenvalue weighted by molar-refractivity contribution is 5.89. The predicted octanol–water partition coefficient (Wildman–Crippen LogP) is 0.697. The van der Waals surface area contributed by atoms with Gasteiger partial charge in [0.15, 0.2) is 5.69 Å². The maximum Gasteiger partial charge on any atom is 0.358 e. The molecule has 0 saturated heterocycles. The van der Waals surface area contributed by atoms with Gasteiger partial charge in [-0.2, -0.15) is 15.0 Å². The molecule has 0 bridgehead atoms. The van der Waals surface area contributed by atoms with E-state index < -0.39 is 5.97 Å². The number of aromatic nitrogens is 2. The molecule has 0 amide bonds. The summed E-state index contributed by atoms with van der Waals surface area (Å²) >= 11 is 0. The number of carbonyl (C=O) groups is 1. The molecule has 0 saturated carbocycles. The second kappa shape index (κ2) is 3.72. The van der Waals surface area contributed by atoms with Gasteiger partial charge in [0.25, 0.3) is 0 Å². The Labute approximate surface area is 75.5 Å². The Morgan fingerprint density at radius 2 is 2.54 bits per heavy atom. The van der Waals surface area contributed by atoms with Gasteiger partial charge in [0, 0.05) is 5.56 Å². The molecule has 0 aromatic carbocycles. The number of nitrogens with zero attached hydrogens (tertiary/aromatic N) is 3. The maximum absolute atomic E-state index is 11.3. The lowest BCUT2D eigenvalue weighted by molar-refractivity contribution is 0.0515. The fourth-order valence-corrected chi connectivity index (χ4v) is 0.953. The molecule has 0 fully saturated rings. The lowest BCUT2D eigenvalue weighted by Gasteiger charge is -2.00. The summed E-state index contributed by atoms with van der Waals surface area (Å²) in [4.78, 5) is 11.3. The SMILES string of the molecule is CCOC(=O)c1c(C)cnn1C#N. The highest BCUT2D eigenvalue weighted by Gasteiger charge is 2.16. The van der Waals surface area contributed by atoms with Gasteiger partial charge in [-0.3, -0.25) is 0 Å². The molecule has 1 heterocycles. The molecule has 1 aromatic heterocycles. The van der Waals surface area contributed by atoms with Crippen LogP contribution in [0.1, 0.15) is 23.0 Å². The van der Waals surface area contributed by atoms with E-state index in [2.05, 4.69) is 5.10 Å². The van der Waals surface area contributed by atoms with Crippen molar-refractivity contribution in [3.63, 3.8) is 0 Å². The van der Waals surface area contributed by atoms with Crippen molar-refractivity contribution in [1.82, 2.24) is 9.78 Å². The van der Waals surface area contributed by atoms with E-state index in [1.807, 2.05) is 0 Å². The molecule has 1 aromatic rings. The van der Waals surface area contributed by atoms with E-state index in [0.717, 1.165) is 4.68 Å². The van der Waals surface area contributed by atoms with Crippen molar-refractivity contribution in [2.45, 2.75) is 13.8 Å². The molecule has 0 spiro atoms. The normalized spacial score (nSPS) is 9.31. The largest absolute Gasteiger partial charge is 0.461 e. The van der Waals surface area contributed by atoms with Crippen molar-refractivity contribution in [2.24, 2.45) is 0 Å². The number of rotatable bonds is 2. The number of nitriles is 1. The fourth-order valence-electron chi connectivity index (χ4n) is 0.953. The summed E-state index contributed by atoms with van der Waals surface area (Å²) in [7, 11) is 0. The van der Waals surface area contributed by atoms with Crippen LogP contribution in [0.25, 0.3) is 0 Å². The van der Waals surface area contributed by atoms with Gasteiger partial charge in [0.1, 0.15) is 0 Å². The summed E-state index contributed by atoms with van der Waals surface area (Å²) in [5.41, 5.74) is 0.837. The molecular formula is C8H9N3O2. The van der Waals surface area contributed by atoms with Gasteiger partial charge < -0.3 is 4.74 Å². The second-order valence-electron chi connectivity index (χ2n) is 2.41. The number of carbonyl (C=O) groups excluding carboxylic acids is 1. The highest BCUT2D eigenvalue weighted by atomic mass is 16.5. The molecule has 13 heavy (non-hydrogen) atoms. The van der Waals surface area contributed by atoms with Crippen LogP contribution in [0.15, 0.2) is 6.20 Å². The Kier molecular flexibility index (Phi) is 2.65. The van der Waals surface area contributed by atoms with Gasteiger partial charge in [0.2, 0.25) is 6.19 Å². The molecule has 0 aliphatic heterocycles. The monoisotopic (exact) mass is 179 g/mol. The number of aryl methyl sites for hydroxylation is 1. The minimum Gasteiger partial charge on any atom is -0.461 e. The summed E-state index contributed by atoms with van der Waals surface area (Å²) in [5, 5.41) is 12.3. The average molecular weight is 179 g/mol. The van der Waals surface area contributed by atoms with Crippen molar-refractivity contribution in [3.05, 3.63) is 17.5 Å². The molecule has 0 aliphatic carbocycles. The zero-order chi connectivity index (χ0) is 9.84. The summed E-state index contributed by atoms with van der Waals surface area (Å²) < 4.78 is 5.71. The number of hydrogen-bond donors (Lipinski definition) is 0. The van der Waals surface area contributed by atoms with E-state index in [1.54, 1.807) is 20.0 Å². The van der Waals surface area contributed by atoms with Crippen LogP contribution in [0.3, 0.4) is 0 Å². The molecule has 0 radical (unpaired) electrons. The minimum absolute atomic E-state index is 0.198. The van der Waals surface area contributed by atoms with Crippen molar-refractivity contribution in [3.8, 4) is 6.19 Å². The maximum atomic E-state index is 11.3. The smallest absolute Gasteiger partial charge is 0.358 e. The van der Waals surface area contributed by atoms with Crippen LogP contribution in [0.2, 0.25) is 0 Å². The minimum atomic E-state index is -0.515. The van der Waals surface area contributed by atoms with Crippen molar-refractivity contribution in [2.75, 3.05) is 6.61 Å². The van der Waals surface area contributed by atoms with E-state index in [1.165, 1.54) is 6.20 Å². The summed E-state index contributed by atoms with van der Waals surface area (Å²) in [6.45, 7) is 3.70. The number of hydrogen-bond acceptors (Lipinski definition) is 4. The topological polar surface area (TPSA) is 67.9 Å². The fraction of sp³-hybridized carbons (Fsp3) is 0.375. The molecule has 0 atom stereocenters. The van der Waals surface area contributed by atoms with Gasteiger partial charge >= 0.3 is 5.97 Å². The lowest BCUT2D eigenvalue weighted by Crippen LogP contribution is -2.11. The van der Waals surface area contributed by atoms with Crippen molar-refractivity contribution in [1.29, 1.82) is 5.26 Å². The van der Waals surface area contributed by atoms with Crippen LogP contribution in [0.4, 0.5) is 0 Å². The van der Waals surface area contributed by atoms with Gasteiger partial charge in [-0.15, -0.1) is 0 Å². The molecule has 5 heteroatoms. The molecular weight excluding hydrogens is 170 g/mol. The van der Waals surface area contributed by atoms with Crippen LogP contribution >= 0.6 is 0 Å². The first kappa shape index (κ1) is 9.26.